The lowest BCUT2D eigenvalue weighted by Gasteiger charge is -2.09. The maximum absolute atomic E-state index is 12.2. The van der Waals surface area contributed by atoms with E-state index in [2.05, 4.69) is 5.32 Å². The molecule has 2 N–H and O–H groups in total. The smallest absolute Gasteiger partial charge is 0.452 e. The molecule has 0 radical (unpaired) electrons. The van der Waals surface area contributed by atoms with E-state index in [9.17, 15) is 27.6 Å². The fourth-order valence-electron chi connectivity index (χ4n) is 2.35. The summed E-state index contributed by atoms with van der Waals surface area (Å²) in [4.78, 5) is 34.7. The lowest BCUT2D eigenvalue weighted by atomic mass is 10.1. The number of aryl methyl sites for hydroxylation is 2. The molecule has 0 atom stereocenters. The van der Waals surface area contributed by atoms with Crippen LogP contribution >= 0.6 is 0 Å². The average molecular weight is 394 g/mol. The zero-order valence-electron chi connectivity index (χ0n) is 15.0. The quantitative estimate of drug-likeness (QED) is 0.759. The lowest BCUT2D eigenvalue weighted by molar-refractivity contribution is -0.167. The van der Waals surface area contributed by atoms with Gasteiger partial charge in [-0.05, 0) is 61.4 Å². The van der Waals surface area contributed by atoms with Crippen molar-refractivity contribution in [2.45, 2.75) is 20.0 Å². The van der Waals surface area contributed by atoms with Crippen molar-refractivity contribution in [3.05, 3.63) is 59.2 Å². The molecule has 0 unspecified atom stereocenters. The number of halogens is 3. The molecule has 2 aromatic rings. The molecule has 9 heteroatoms. The van der Waals surface area contributed by atoms with Gasteiger partial charge in [-0.1, -0.05) is 6.07 Å². The number of esters is 1. The van der Waals surface area contributed by atoms with Gasteiger partial charge in [-0.3, -0.25) is 9.59 Å². The van der Waals surface area contributed by atoms with E-state index in [1.807, 2.05) is 19.9 Å². The Labute approximate surface area is 158 Å². The zero-order chi connectivity index (χ0) is 20.9. The van der Waals surface area contributed by atoms with Crippen molar-refractivity contribution < 1.29 is 32.3 Å². The number of nitrogens with one attached hydrogen (secondary N) is 2. The minimum absolute atomic E-state index is 0.0178. The SMILES string of the molecule is Cc1cc(C)cc(NC(=O)COC(=O)c2ccc(NC(=O)C(F)(F)F)cc2)c1. The number of rotatable bonds is 5. The van der Waals surface area contributed by atoms with Crippen molar-refractivity contribution in [3.63, 3.8) is 0 Å². The van der Waals surface area contributed by atoms with Crippen molar-refractivity contribution >= 4 is 29.2 Å². The molecule has 0 saturated heterocycles. The van der Waals surface area contributed by atoms with E-state index in [0.29, 0.717) is 5.69 Å². The number of anilines is 2. The molecule has 2 amide bonds. The van der Waals surface area contributed by atoms with E-state index in [0.717, 1.165) is 23.3 Å². The summed E-state index contributed by atoms with van der Waals surface area (Å²) in [6.45, 7) is 3.23. The second-order valence-electron chi connectivity index (χ2n) is 6.03. The average Bonchev–Trinajstić information content (AvgIpc) is 2.58. The summed E-state index contributed by atoms with van der Waals surface area (Å²) >= 11 is 0. The maximum atomic E-state index is 12.2. The third-order valence-electron chi connectivity index (χ3n) is 3.48. The number of hydrogen-bond acceptors (Lipinski definition) is 4. The normalized spacial score (nSPS) is 10.9. The van der Waals surface area contributed by atoms with Crippen LogP contribution in [0.2, 0.25) is 0 Å². The first-order valence-corrected chi connectivity index (χ1v) is 8.08. The minimum Gasteiger partial charge on any atom is -0.452 e. The number of alkyl halides is 3. The predicted octanol–water partition coefficient (Wildman–Crippen LogP) is 3.60. The summed E-state index contributed by atoms with van der Waals surface area (Å²) in [5.41, 5.74) is 2.38. The first-order chi connectivity index (χ1) is 13.0. The Bertz CT molecular complexity index is 873. The van der Waals surface area contributed by atoms with Gasteiger partial charge >= 0.3 is 18.1 Å². The first kappa shape index (κ1) is 20.9. The zero-order valence-corrected chi connectivity index (χ0v) is 15.0. The van der Waals surface area contributed by atoms with Crippen LogP contribution in [0.25, 0.3) is 0 Å². The van der Waals surface area contributed by atoms with Gasteiger partial charge in [0.1, 0.15) is 0 Å². The number of benzene rings is 2. The van der Waals surface area contributed by atoms with Crippen LogP contribution in [-0.4, -0.2) is 30.6 Å². The summed E-state index contributed by atoms with van der Waals surface area (Å²) in [7, 11) is 0. The van der Waals surface area contributed by atoms with Gasteiger partial charge in [0, 0.05) is 11.4 Å². The number of amides is 2. The predicted molar refractivity (Wildman–Crippen MR) is 96.0 cm³/mol. The molecule has 0 saturated carbocycles. The Hall–Kier alpha value is -3.36. The highest BCUT2D eigenvalue weighted by Gasteiger charge is 2.38. The molecule has 0 bridgehead atoms. The molecular weight excluding hydrogens is 377 g/mol. The Kier molecular flexibility index (Phi) is 6.40. The standard InChI is InChI=1S/C19H17F3N2O4/c1-11-7-12(2)9-15(8-11)23-16(25)10-28-17(26)13-3-5-14(6-4-13)24-18(27)19(20,21)22/h3-9H,10H2,1-2H3,(H,23,25)(H,24,27). The molecule has 0 aliphatic carbocycles. The Morgan fingerprint density at radius 2 is 1.46 bits per heavy atom. The number of hydrogen-bond donors (Lipinski definition) is 2. The molecule has 28 heavy (non-hydrogen) atoms. The second kappa shape index (κ2) is 8.55. The molecule has 6 nitrogen and oxygen atoms in total. The number of carbonyl (C=O) groups is 3. The minimum atomic E-state index is -5.01. The molecule has 0 fully saturated rings. The van der Waals surface area contributed by atoms with Crippen LogP contribution in [0.3, 0.4) is 0 Å². The fourth-order valence-corrected chi connectivity index (χ4v) is 2.35. The van der Waals surface area contributed by atoms with Gasteiger partial charge in [-0.15, -0.1) is 0 Å². The van der Waals surface area contributed by atoms with Crippen molar-refractivity contribution in [2.75, 3.05) is 17.2 Å². The third-order valence-corrected chi connectivity index (χ3v) is 3.48. The molecule has 0 heterocycles. The van der Waals surface area contributed by atoms with E-state index in [1.165, 1.54) is 12.1 Å². The van der Waals surface area contributed by atoms with Crippen LogP contribution in [0.5, 0.6) is 0 Å². The van der Waals surface area contributed by atoms with Crippen molar-refractivity contribution in [1.29, 1.82) is 0 Å². The van der Waals surface area contributed by atoms with Gasteiger partial charge in [0.2, 0.25) is 0 Å². The van der Waals surface area contributed by atoms with Crippen molar-refractivity contribution in [1.82, 2.24) is 0 Å². The topological polar surface area (TPSA) is 84.5 Å². The van der Waals surface area contributed by atoms with Crippen LogP contribution in [-0.2, 0) is 14.3 Å². The Morgan fingerprint density at radius 3 is 2.00 bits per heavy atom. The van der Waals surface area contributed by atoms with E-state index >= 15 is 0 Å². The highest BCUT2D eigenvalue weighted by Crippen LogP contribution is 2.19. The summed E-state index contributed by atoms with van der Waals surface area (Å²) in [5, 5.41) is 4.26. The van der Waals surface area contributed by atoms with E-state index in [-0.39, 0.29) is 11.3 Å². The lowest BCUT2D eigenvalue weighted by Crippen LogP contribution is -2.29. The van der Waals surface area contributed by atoms with Gasteiger partial charge in [-0.2, -0.15) is 13.2 Å². The maximum Gasteiger partial charge on any atom is 0.471 e. The molecule has 0 spiro atoms. The van der Waals surface area contributed by atoms with Crippen LogP contribution in [0, 0.1) is 13.8 Å². The highest BCUT2D eigenvalue weighted by molar-refractivity contribution is 5.97. The summed E-state index contributed by atoms with van der Waals surface area (Å²) < 4.78 is 41.5. The Morgan fingerprint density at radius 1 is 0.893 bits per heavy atom. The molecule has 0 aliphatic rings. The highest BCUT2D eigenvalue weighted by atomic mass is 19.4. The Balaban J connectivity index is 1.88. The summed E-state index contributed by atoms with van der Waals surface area (Å²) in [6.07, 6.45) is -5.01. The van der Waals surface area contributed by atoms with Crippen LogP contribution in [0.4, 0.5) is 24.5 Å². The molecule has 2 rings (SSSR count). The van der Waals surface area contributed by atoms with E-state index in [4.69, 9.17) is 4.74 Å². The largest absolute Gasteiger partial charge is 0.471 e. The molecule has 2 aromatic carbocycles. The number of ether oxygens (including phenoxy) is 1. The summed E-state index contributed by atoms with van der Waals surface area (Å²) in [6, 6.07) is 10.1. The van der Waals surface area contributed by atoms with Crippen LogP contribution < -0.4 is 10.6 Å². The fraction of sp³-hybridized carbons (Fsp3) is 0.211. The monoisotopic (exact) mass is 394 g/mol. The van der Waals surface area contributed by atoms with E-state index in [1.54, 1.807) is 17.4 Å². The van der Waals surface area contributed by atoms with Crippen molar-refractivity contribution in [3.8, 4) is 0 Å². The second-order valence-corrected chi connectivity index (χ2v) is 6.03. The molecule has 0 aliphatic heterocycles. The van der Waals surface area contributed by atoms with Crippen molar-refractivity contribution in [2.24, 2.45) is 0 Å². The van der Waals surface area contributed by atoms with E-state index < -0.39 is 30.6 Å². The third kappa shape index (κ3) is 6.11. The van der Waals surface area contributed by atoms with Crippen LogP contribution in [0.15, 0.2) is 42.5 Å². The van der Waals surface area contributed by atoms with Gasteiger partial charge in [-0.25, -0.2) is 4.79 Å². The summed E-state index contributed by atoms with van der Waals surface area (Å²) in [5.74, 6) is -3.48. The van der Waals surface area contributed by atoms with Gasteiger partial charge in [0.05, 0.1) is 5.56 Å². The molecular formula is C19H17F3N2O4. The van der Waals surface area contributed by atoms with Crippen LogP contribution in [0.1, 0.15) is 21.5 Å². The van der Waals surface area contributed by atoms with Gasteiger partial charge in [0.15, 0.2) is 6.61 Å². The molecule has 148 valence electrons. The first-order valence-electron chi connectivity index (χ1n) is 8.08. The van der Waals surface area contributed by atoms with Gasteiger partial charge < -0.3 is 15.4 Å². The molecule has 0 aromatic heterocycles. The number of carbonyl (C=O) groups excluding carboxylic acids is 3. The van der Waals surface area contributed by atoms with Gasteiger partial charge in [0.25, 0.3) is 5.91 Å².